The summed E-state index contributed by atoms with van der Waals surface area (Å²) in [7, 11) is 0. The van der Waals surface area contributed by atoms with E-state index in [-0.39, 0.29) is 17.7 Å². The van der Waals surface area contributed by atoms with Crippen molar-refractivity contribution in [3.05, 3.63) is 71.5 Å². The van der Waals surface area contributed by atoms with E-state index < -0.39 is 0 Å². The van der Waals surface area contributed by atoms with E-state index >= 15 is 0 Å². The first kappa shape index (κ1) is 21.1. The maximum absolute atomic E-state index is 12.7. The first-order valence-corrected chi connectivity index (χ1v) is 11.5. The maximum Gasteiger partial charge on any atom is 0.286 e. The molecule has 1 saturated heterocycles. The summed E-state index contributed by atoms with van der Waals surface area (Å²) in [6.07, 6.45) is 8.57. The summed E-state index contributed by atoms with van der Waals surface area (Å²) in [5.41, 5.74) is 8.86. The summed E-state index contributed by atoms with van der Waals surface area (Å²) in [5.74, 6) is -0.628. The van der Waals surface area contributed by atoms with Crippen LogP contribution in [0.25, 0.3) is 23.0 Å². The van der Waals surface area contributed by atoms with Crippen LogP contribution in [0.3, 0.4) is 0 Å². The van der Waals surface area contributed by atoms with Crippen molar-refractivity contribution in [2.45, 2.75) is 12.8 Å². The smallest absolute Gasteiger partial charge is 0.286 e. The lowest BCUT2D eigenvalue weighted by Crippen LogP contribution is -2.40. The molecule has 8 nitrogen and oxygen atoms in total. The maximum atomic E-state index is 12.7. The van der Waals surface area contributed by atoms with E-state index in [2.05, 4.69) is 14.9 Å². The van der Waals surface area contributed by atoms with Gasteiger partial charge >= 0.3 is 0 Å². The van der Waals surface area contributed by atoms with E-state index in [9.17, 15) is 9.59 Å². The minimum atomic E-state index is -0.264. The molecule has 0 unspecified atom stereocenters. The fourth-order valence-corrected chi connectivity index (χ4v) is 4.93. The highest BCUT2D eigenvalue weighted by molar-refractivity contribution is 8.18. The van der Waals surface area contributed by atoms with Crippen molar-refractivity contribution >= 4 is 34.8 Å². The molecule has 0 saturated carbocycles. The fraction of sp³-hybridized carbons (Fsp3) is 0.208. The number of rotatable bonds is 4. The number of primary amides is 1. The molecule has 0 aliphatic carbocycles. The van der Waals surface area contributed by atoms with Crippen LogP contribution in [-0.2, 0) is 9.59 Å². The molecule has 0 atom stereocenters. The van der Waals surface area contributed by atoms with Crippen LogP contribution < -0.4 is 5.73 Å². The van der Waals surface area contributed by atoms with Gasteiger partial charge in [-0.25, -0.2) is 4.68 Å². The van der Waals surface area contributed by atoms with E-state index in [4.69, 9.17) is 10.8 Å². The zero-order valence-corrected chi connectivity index (χ0v) is 18.6. The predicted octanol–water partition coefficient (Wildman–Crippen LogP) is 3.10. The van der Waals surface area contributed by atoms with Crippen molar-refractivity contribution in [2.75, 3.05) is 13.1 Å². The second-order valence-corrected chi connectivity index (χ2v) is 8.93. The van der Waals surface area contributed by atoms with Crippen LogP contribution in [0, 0.1) is 5.92 Å². The van der Waals surface area contributed by atoms with Crippen molar-refractivity contribution in [2.24, 2.45) is 16.6 Å². The monoisotopic (exact) mass is 458 g/mol. The number of para-hydroxylation sites is 1. The summed E-state index contributed by atoms with van der Waals surface area (Å²) in [5, 5.41) is 5.46. The Labute approximate surface area is 195 Å². The van der Waals surface area contributed by atoms with E-state index in [1.54, 1.807) is 12.4 Å². The Kier molecular flexibility index (Phi) is 5.78. The highest BCUT2D eigenvalue weighted by Crippen LogP contribution is 2.34. The molecule has 0 bridgehead atoms. The molecule has 9 heteroatoms. The number of benzene rings is 1. The molecule has 2 amide bonds. The lowest BCUT2D eigenvalue weighted by atomic mass is 9.97. The number of carbonyl (C=O) groups is 2. The van der Waals surface area contributed by atoms with Crippen LogP contribution in [0.5, 0.6) is 0 Å². The largest absolute Gasteiger partial charge is 0.369 e. The third kappa shape index (κ3) is 4.45. The summed E-state index contributed by atoms with van der Waals surface area (Å²) in [4.78, 5) is 35.1. The quantitative estimate of drug-likeness (QED) is 0.602. The molecule has 0 spiro atoms. The highest BCUT2D eigenvalue weighted by Gasteiger charge is 2.30. The summed E-state index contributed by atoms with van der Waals surface area (Å²) >= 11 is 1.36. The number of amidine groups is 1. The minimum absolute atomic E-state index is 0.106. The van der Waals surface area contributed by atoms with Gasteiger partial charge < -0.3 is 10.6 Å². The first-order chi connectivity index (χ1) is 16.1. The number of thioether (sulfide) groups is 1. The fourth-order valence-electron chi connectivity index (χ4n) is 3.97. The average molecular weight is 459 g/mol. The van der Waals surface area contributed by atoms with Gasteiger partial charge in [-0.15, -0.1) is 0 Å². The standard InChI is InChI=1S/C24H22N6O2S/c25-22(31)17-8-12-29(13-9-17)24-27-23(32)20(33-24)14-18-15-30(19-4-2-1-3-5-19)28-21(18)16-6-10-26-11-7-16/h1-7,10-11,14-15,17H,8-9,12-13H2,(H2,25,31)/b20-14-. The normalized spacial score (nSPS) is 18.1. The zero-order valence-electron chi connectivity index (χ0n) is 17.8. The minimum Gasteiger partial charge on any atom is -0.369 e. The van der Waals surface area contributed by atoms with Gasteiger partial charge in [0, 0.05) is 48.7 Å². The Morgan fingerprint density at radius 3 is 2.52 bits per heavy atom. The van der Waals surface area contributed by atoms with Crippen molar-refractivity contribution in [1.29, 1.82) is 0 Å². The Bertz CT molecular complexity index is 1240. The van der Waals surface area contributed by atoms with Crippen LogP contribution >= 0.6 is 11.8 Å². The molecule has 1 fully saturated rings. The summed E-state index contributed by atoms with van der Waals surface area (Å²) in [6, 6.07) is 13.6. The number of hydrogen-bond donors (Lipinski definition) is 1. The van der Waals surface area contributed by atoms with E-state index in [1.807, 2.05) is 59.4 Å². The number of amides is 2. The third-order valence-corrected chi connectivity index (χ3v) is 6.83. The van der Waals surface area contributed by atoms with Crippen LogP contribution in [-0.4, -0.2) is 49.7 Å². The van der Waals surface area contributed by atoms with Crippen LogP contribution in [0.2, 0.25) is 0 Å². The van der Waals surface area contributed by atoms with Gasteiger partial charge in [-0.05, 0) is 54.9 Å². The van der Waals surface area contributed by atoms with E-state index in [0.717, 1.165) is 22.5 Å². The molecule has 3 aromatic rings. The number of nitrogens with zero attached hydrogens (tertiary/aromatic N) is 5. The topological polar surface area (TPSA) is 106 Å². The lowest BCUT2D eigenvalue weighted by molar-refractivity contribution is -0.123. The van der Waals surface area contributed by atoms with Crippen LogP contribution in [0.1, 0.15) is 18.4 Å². The number of aromatic nitrogens is 3. The second kappa shape index (κ2) is 9.03. The Balaban J connectivity index is 1.43. The third-order valence-electron chi connectivity index (χ3n) is 5.78. The first-order valence-electron chi connectivity index (χ1n) is 10.7. The number of nitrogens with two attached hydrogens (primary N) is 1. The Hall–Kier alpha value is -3.72. The number of aliphatic imine (C=N–C) groups is 1. The zero-order chi connectivity index (χ0) is 22.8. The van der Waals surface area contributed by atoms with Crippen molar-refractivity contribution in [3.8, 4) is 16.9 Å². The van der Waals surface area contributed by atoms with Gasteiger partial charge in [-0.2, -0.15) is 10.1 Å². The molecule has 0 radical (unpaired) electrons. The predicted molar refractivity (Wildman–Crippen MR) is 128 cm³/mol. The van der Waals surface area contributed by atoms with Gasteiger partial charge in [-0.3, -0.25) is 14.6 Å². The number of likely N-dealkylation sites (tertiary alicyclic amines) is 1. The van der Waals surface area contributed by atoms with Crippen LogP contribution in [0.15, 0.2) is 71.0 Å². The molecule has 4 heterocycles. The SMILES string of the molecule is NC(=O)C1CCN(C2=NC(=O)/C(=C/c3cn(-c4ccccc4)nc3-c3ccncc3)S2)CC1. The molecule has 5 rings (SSSR count). The second-order valence-electron chi connectivity index (χ2n) is 7.92. The van der Waals surface area contributed by atoms with Gasteiger partial charge in [0.1, 0.15) is 5.69 Å². The Morgan fingerprint density at radius 2 is 1.82 bits per heavy atom. The van der Waals surface area contributed by atoms with Gasteiger partial charge in [0.25, 0.3) is 5.91 Å². The van der Waals surface area contributed by atoms with Crippen molar-refractivity contribution < 1.29 is 9.59 Å². The Morgan fingerprint density at radius 1 is 1.09 bits per heavy atom. The molecule has 166 valence electrons. The number of piperidine rings is 1. The lowest BCUT2D eigenvalue weighted by Gasteiger charge is -2.31. The molecule has 2 N–H and O–H groups in total. The molecule has 1 aromatic carbocycles. The summed E-state index contributed by atoms with van der Waals surface area (Å²) < 4.78 is 1.81. The van der Waals surface area contributed by atoms with Gasteiger partial charge in [0.05, 0.1) is 10.6 Å². The number of pyridine rings is 1. The molecule has 2 aromatic heterocycles. The van der Waals surface area contributed by atoms with Gasteiger partial charge in [0.2, 0.25) is 5.91 Å². The summed E-state index contributed by atoms with van der Waals surface area (Å²) in [6.45, 7) is 1.32. The van der Waals surface area contributed by atoms with Gasteiger partial charge in [-0.1, -0.05) is 18.2 Å². The molecule has 2 aliphatic rings. The molecule has 33 heavy (non-hydrogen) atoms. The van der Waals surface area contributed by atoms with Gasteiger partial charge in [0.15, 0.2) is 5.17 Å². The average Bonchev–Trinajstić information content (AvgIpc) is 3.44. The van der Waals surface area contributed by atoms with E-state index in [1.165, 1.54) is 11.8 Å². The highest BCUT2D eigenvalue weighted by atomic mass is 32.2. The molecule has 2 aliphatic heterocycles. The number of hydrogen-bond acceptors (Lipinski definition) is 6. The molecular formula is C24H22N6O2S. The van der Waals surface area contributed by atoms with E-state index in [0.29, 0.717) is 36.0 Å². The van der Waals surface area contributed by atoms with Crippen LogP contribution in [0.4, 0.5) is 0 Å². The molecular weight excluding hydrogens is 436 g/mol. The number of carbonyl (C=O) groups excluding carboxylic acids is 2. The van der Waals surface area contributed by atoms with Crippen molar-refractivity contribution in [1.82, 2.24) is 19.7 Å². The van der Waals surface area contributed by atoms with Crippen molar-refractivity contribution in [3.63, 3.8) is 0 Å².